The zero-order valence-corrected chi connectivity index (χ0v) is 13.4. The first-order valence-corrected chi connectivity index (χ1v) is 8.15. The number of nitrogens with one attached hydrogen (secondary N) is 1. The predicted octanol–water partition coefficient (Wildman–Crippen LogP) is 1.24. The molecule has 0 saturated carbocycles. The minimum absolute atomic E-state index is 0.151. The Labute approximate surface area is 140 Å². The van der Waals surface area contributed by atoms with E-state index in [2.05, 4.69) is 15.2 Å². The number of hydrogen-bond donors (Lipinski definition) is 2. The van der Waals surface area contributed by atoms with Crippen molar-refractivity contribution in [3.05, 3.63) is 47.5 Å². The number of nitrogens with two attached hydrogens (primary N) is 1. The van der Waals surface area contributed by atoms with Crippen LogP contribution in [0.3, 0.4) is 0 Å². The number of aromatic amines is 1. The van der Waals surface area contributed by atoms with Crippen LogP contribution in [0.4, 0.5) is 0 Å². The van der Waals surface area contributed by atoms with E-state index in [4.69, 9.17) is 5.73 Å². The van der Waals surface area contributed by atoms with E-state index in [9.17, 15) is 9.59 Å². The number of nitrogens with zero attached hydrogens (tertiary/aromatic N) is 3. The Kier molecular flexibility index (Phi) is 4.88. The van der Waals surface area contributed by atoms with Crippen molar-refractivity contribution >= 4 is 11.8 Å². The van der Waals surface area contributed by atoms with E-state index in [1.165, 1.54) is 0 Å². The summed E-state index contributed by atoms with van der Waals surface area (Å²) in [6, 6.07) is 5.55. The SMILES string of the molecule is NC(=O)c1cc(C2CCCN(C(=O)CCc3cccnc3)C2)[nH]n1. The first kappa shape index (κ1) is 16.2. The Hall–Kier alpha value is -2.70. The van der Waals surface area contributed by atoms with Crippen molar-refractivity contribution in [2.75, 3.05) is 13.1 Å². The highest BCUT2D eigenvalue weighted by atomic mass is 16.2. The van der Waals surface area contributed by atoms with Crippen LogP contribution in [0.1, 0.15) is 46.9 Å². The molecule has 2 aromatic rings. The van der Waals surface area contributed by atoms with Crippen molar-refractivity contribution in [1.29, 1.82) is 0 Å². The molecular weight excluding hydrogens is 306 g/mol. The predicted molar refractivity (Wildman–Crippen MR) is 88.2 cm³/mol. The Morgan fingerprint density at radius 2 is 2.29 bits per heavy atom. The smallest absolute Gasteiger partial charge is 0.269 e. The maximum absolute atomic E-state index is 12.5. The lowest BCUT2D eigenvalue weighted by atomic mass is 9.94. The summed E-state index contributed by atoms with van der Waals surface area (Å²) < 4.78 is 0. The van der Waals surface area contributed by atoms with Gasteiger partial charge in [-0.1, -0.05) is 6.07 Å². The van der Waals surface area contributed by atoms with Gasteiger partial charge in [-0.3, -0.25) is 19.7 Å². The summed E-state index contributed by atoms with van der Waals surface area (Å²) in [5.41, 5.74) is 7.41. The van der Waals surface area contributed by atoms with Crippen LogP contribution in [0.25, 0.3) is 0 Å². The summed E-state index contributed by atoms with van der Waals surface area (Å²) in [4.78, 5) is 29.6. The third kappa shape index (κ3) is 3.79. The second kappa shape index (κ2) is 7.25. The molecule has 1 saturated heterocycles. The third-order valence-electron chi connectivity index (χ3n) is 4.41. The van der Waals surface area contributed by atoms with E-state index in [0.29, 0.717) is 19.4 Å². The molecule has 3 heterocycles. The zero-order valence-electron chi connectivity index (χ0n) is 13.4. The van der Waals surface area contributed by atoms with Gasteiger partial charge in [0.05, 0.1) is 0 Å². The van der Waals surface area contributed by atoms with Gasteiger partial charge in [-0.05, 0) is 37.0 Å². The van der Waals surface area contributed by atoms with Gasteiger partial charge in [-0.15, -0.1) is 0 Å². The Morgan fingerprint density at radius 3 is 3.00 bits per heavy atom. The lowest BCUT2D eigenvalue weighted by molar-refractivity contribution is -0.132. The monoisotopic (exact) mass is 327 g/mol. The average Bonchev–Trinajstić information content (AvgIpc) is 3.11. The standard InChI is InChI=1S/C17H21N5O2/c18-17(24)15-9-14(20-21-15)13-4-2-8-22(11-13)16(23)6-5-12-3-1-7-19-10-12/h1,3,7,9-10,13H,2,4-6,8,11H2,(H2,18,24)(H,20,21). The number of aromatic nitrogens is 3. The molecule has 1 fully saturated rings. The Bertz CT molecular complexity index is 713. The molecular formula is C17H21N5O2. The Balaban J connectivity index is 1.58. The van der Waals surface area contributed by atoms with E-state index in [1.807, 2.05) is 17.0 Å². The van der Waals surface area contributed by atoms with Crippen LogP contribution in [0.5, 0.6) is 0 Å². The van der Waals surface area contributed by atoms with E-state index < -0.39 is 5.91 Å². The summed E-state index contributed by atoms with van der Waals surface area (Å²) in [5.74, 6) is -0.224. The average molecular weight is 327 g/mol. The number of primary amides is 1. The fourth-order valence-corrected chi connectivity index (χ4v) is 3.08. The number of carbonyl (C=O) groups excluding carboxylic acids is 2. The fourth-order valence-electron chi connectivity index (χ4n) is 3.08. The highest BCUT2D eigenvalue weighted by Crippen LogP contribution is 2.26. The van der Waals surface area contributed by atoms with Gasteiger partial charge < -0.3 is 10.6 Å². The molecule has 3 N–H and O–H groups in total. The van der Waals surface area contributed by atoms with Crippen molar-refractivity contribution in [2.45, 2.75) is 31.6 Å². The molecule has 1 aliphatic rings. The number of carbonyl (C=O) groups is 2. The molecule has 0 aliphatic carbocycles. The molecule has 2 amide bonds. The van der Waals surface area contributed by atoms with Gasteiger partial charge in [0.25, 0.3) is 5.91 Å². The highest BCUT2D eigenvalue weighted by Gasteiger charge is 2.26. The topological polar surface area (TPSA) is 105 Å². The van der Waals surface area contributed by atoms with Crippen molar-refractivity contribution in [3.8, 4) is 0 Å². The summed E-state index contributed by atoms with van der Waals surface area (Å²) in [6.45, 7) is 1.42. The first-order chi connectivity index (χ1) is 11.6. The van der Waals surface area contributed by atoms with Crippen molar-refractivity contribution in [3.63, 3.8) is 0 Å². The quantitative estimate of drug-likeness (QED) is 0.862. The summed E-state index contributed by atoms with van der Waals surface area (Å²) in [7, 11) is 0. The van der Waals surface area contributed by atoms with Gasteiger partial charge >= 0.3 is 0 Å². The summed E-state index contributed by atoms with van der Waals surface area (Å²) in [5, 5.41) is 6.80. The van der Waals surface area contributed by atoms with Crippen LogP contribution in [-0.2, 0) is 11.2 Å². The lowest BCUT2D eigenvalue weighted by Gasteiger charge is -2.32. The van der Waals surface area contributed by atoms with Gasteiger partial charge in [-0.25, -0.2) is 0 Å². The number of pyridine rings is 1. The van der Waals surface area contributed by atoms with Crippen LogP contribution in [-0.4, -0.2) is 45.0 Å². The second-order valence-electron chi connectivity index (χ2n) is 6.11. The van der Waals surface area contributed by atoms with E-state index in [1.54, 1.807) is 18.5 Å². The van der Waals surface area contributed by atoms with Gasteiger partial charge in [0, 0.05) is 43.5 Å². The van der Waals surface area contributed by atoms with E-state index >= 15 is 0 Å². The molecule has 0 bridgehead atoms. The van der Waals surface area contributed by atoms with E-state index in [-0.39, 0.29) is 17.5 Å². The van der Waals surface area contributed by atoms with Gasteiger partial charge in [0.1, 0.15) is 5.69 Å². The fraction of sp³-hybridized carbons (Fsp3) is 0.412. The highest BCUT2D eigenvalue weighted by molar-refractivity contribution is 5.90. The normalized spacial score (nSPS) is 17.7. The minimum Gasteiger partial charge on any atom is -0.364 e. The molecule has 7 heteroatoms. The molecule has 1 unspecified atom stereocenters. The molecule has 1 atom stereocenters. The number of H-pyrrole nitrogens is 1. The number of likely N-dealkylation sites (tertiary alicyclic amines) is 1. The van der Waals surface area contributed by atoms with Gasteiger partial charge in [0.15, 0.2) is 0 Å². The largest absolute Gasteiger partial charge is 0.364 e. The van der Waals surface area contributed by atoms with Gasteiger partial charge in [0.2, 0.25) is 5.91 Å². The molecule has 0 aromatic carbocycles. The van der Waals surface area contributed by atoms with Crippen LogP contribution in [0.15, 0.2) is 30.6 Å². The van der Waals surface area contributed by atoms with Crippen molar-refractivity contribution < 1.29 is 9.59 Å². The minimum atomic E-state index is -0.544. The maximum Gasteiger partial charge on any atom is 0.269 e. The first-order valence-electron chi connectivity index (χ1n) is 8.15. The lowest BCUT2D eigenvalue weighted by Crippen LogP contribution is -2.39. The number of rotatable bonds is 5. The molecule has 126 valence electrons. The molecule has 7 nitrogen and oxygen atoms in total. The third-order valence-corrected chi connectivity index (χ3v) is 4.41. The summed E-state index contributed by atoms with van der Waals surface area (Å²) >= 11 is 0. The molecule has 0 spiro atoms. The van der Waals surface area contributed by atoms with Crippen molar-refractivity contribution in [1.82, 2.24) is 20.1 Å². The number of amides is 2. The summed E-state index contributed by atoms with van der Waals surface area (Å²) in [6.07, 6.45) is 6.60. The molecule has 0 radical (unpaired) electrons. The van der Waals surface area contributed by atoms with Crippen LogP contribution >= 0.6 is 0 Å². The van der Waals surface area contributed by atoms with Crippen molar-refractivity contribution in [2.24, 2.45) is 5.73 Å². The van der Waals surface area contributed by atoms with Crippen LogP contribution in [0, 0.1) is 0 Å². The Morgan fingerprint density at radius 1 is 1.42 bits per heavy atom. The number of piperidine rings is 1. The number of aryl methyl sites for hydroxylation is 1. The molecule has 24 heavy (non-hydrogen) atoms. The second-order valence-corrected chi connectivity index (χ2v) is 6.11. The van der Waals surface area contributed by atoms with Crippen LogP contribution in [0.2, 0.25) is 0 Å². The maximum atomic E-state index is 12.5. The molecule has 2 aromatic heterocycles. The van der Waals surface area contributed by atoms with Gasteiger partial charge in [-0.2, -0.15) is 5.10 Å². The zero-order chi connectivity index (χ0) is 16.9. The van der Waals surface area contributed by atoms with E-state index in [0.717, 1.165) is 30.6 Å². The molecule has 3 rings (SSSR count). The number of hydrogen-bond acceptors (Lipinski definition) is 4. The molecule has 1 aliphatic heterocycles. The van der Waals surface area contributed by atoms with Crippen LogP contribution < -0.4 is 5.73 Å².